The zero-order valence-electron chi connectivity index (χ0n) is 7.77. The summed E-state index contributed by atoms with van der Waals surface area (Å²) in [7, 11) is 1.44. The Morgan fingerprint density at radius 1 is 1.79 bits per heavy atom. The van der Waals surface area contributed by atoms with Gasteiger partial charge in [0, 0.05) is 23.6 Å². The van der Waals surface area contributed by atoms with Crippen LogP contribution in [-0.4, -0.2) is 29.3 Å². The molecule has 0 saturated heterocycles. The maximum atomic E-state index is 11.0. The van der Waals surface area contributed by atoms with E-state index in [0.29, 0.717) is 0 Å². The number of methoxy groups -OCH3 is 1. The number of carboxylic acid groups (broad SMARTS) is 1. The van der Waals surface area contributed by atoms with Crippen LogP contribution in [0.1, 0.15) is 17.7 Å². The van der Waals surface area contributed by atoms with E-state index in [2.05, 4.69) is 4.98 Å². The Kier molecular flexibility index (Phi) is 2.28. The third-order valence-electron chi connectivity index (χ3n) is 2.67. The summed E-state index contributed by atoms with van der Waals surface area (Å²) in [5, 5.41) is 9.01. The van der Waals surface area contributed by atoms with Crippen molar-refractivity contribution in [2.75, 3.05) is 7.11 Å². The summed E-state index contributed by atoms with van der Waals surface area (Å²) >= 11 is 1.50. The molecule has 14 heavy (non-hydrogen) atoms. The summed E-state index contributed by atoms with van der Waals surface area (Å²) in [5.74, 6) is -0.890. The molecular weight excluding hydrogens is 202 g/mol. The number of hydrogen-bond donors (Lipinski definition) is 1. The van der Waals surface area contributed by atoms with Crippen LogP contribution in [0.2, 0.25) is 0 Å². The van der Waals surface area contributed by atoms with Gasteiger partial charge in [-0.2, -0.15) is 0 Å². The Labute approximate surface area is 85.5 Å². The summed E-state index contributed by atoms with van der Waals surface area (Å²) < 4.78 is 5.04. The monoisotopic (exact) mass is 213 g/mol. The molecule has 1 aliphatic rings. The third kappa shape index (κ3) is 1.33. The SMILES string of the molecule is COC(C(=O)O)C1(c2cncs2)CC1. The van der Waals surface area contributed by atoms with Gasteiger partial charge in [0.15, 0.2) is 6.10 Å². The second-order valence-corrected chi connectivity index (χ2v) is 4.36. The number of carboxylic acids is 1. The fourth-order valence-electron chi connectivity index (χ4n) is 1.80. The van der Waals surface area contributed by atoms with Crippen molar-refractivity contribution in [3.63, 3.8) is 0 Å². The van der Waals surface area contributed by atoms with Crippen LogP contribution >= 0.6 is 11.3 Å². The molecule has 0 radical (unpaired) electrons. The topological polar surface area (TPSA) is 59.4 Å². The molecule has 2 rings (SSSR count). The summed E-state index contributed by atoms with van der Waals surface area (Å²) in [6.07, 6.45) is 2.76. The molecule has 1 aromatic heterocycles. The Hall–Kier alpha value is -0.940. The van der Waals surface area contributed by atoms with Gasteiger partial charge in [-0.3, -0.25) is 4.98 Å². The Balaban J connectivity index is 2.28. The number of aliphatic carboxylic acids is 1. The van der Waals surface area contributed by atoms with Crippen LogP contribution in [0.5, 0.6) is 0 Å². The first kappa shape index (κ1) is 9.61. The van der Waals surface area contributed by atoms with Crippen LogP contribution < -0.4 is 0 Å². The Morgan fingerprint density at radius 3 is 2.86 bits per heavy atom. The zero-order valence-corrected chi connectivity index (χ0v) is 8.58. The highest BCUT2D eigenvalue weighted by atomic mass is 32.1. The van der Waals surface area contributed by atoms with Crippen LogP contribution in [-0.2, 0) is 14.9 Å². The first-order valence-corrected chi connectivity index (χ1v) is 5.23. The van der Waals surface area contributed by atoms with Gasteiger partial charge in [0.05, 0.1) is 5.51 Å². The summed E-state index contributed by atoms with van der Waals surface area (Å²) in [6.45, 7) is 0. The summed E-state index contributed by atoms with van der Waals surface area (Å²) in [5.41, 5.74) is 1.42. The maximum Gasteiger partial charge on any atom is 0.333 e. The normalized spacial score (nSPS) is 20.4. The molecule has 0 aliphatic heterocycles. The van der Waals surface area contributed by atoms with E-state index < -0.39 is 12.1 Å². The molecular formula is C9H11NO3S. The number of rotatable bonds is 4. The molecule has 76 valence electrons. The molecule has 0 spiro atoms. The molecule has 4 nitrogen and oxygen atoms in total. The number of hydrogen-bond acceptors (Lipinski definition) is 4. The van der Waals surface area contributed by atoms with Gasteiger partial charge in [-0.15, -0.1) is 11.3 Å². The van der Waals surface area contributed by atoms with Crippen LogP contribution in [0.25, 0.3) is 0 Å². The summed E-state index contributed by atoms with van der Waals surface area (Å²) in [4.78, 5) is 16.0. The number of thiazole rings is 1. The lowest BCUT2D eigenvalue weighted by atomic mass is 9.98. The number of aromatic nitrogens is 1. The predicted molar refractivity (Wildman–Crippen MR) is 51.5 cm³/mol. The van der Waals surface area contributed by atoms with E-state index in [1.54, 1.807) is 11.7 Å². The fourth-order valence-corrected chi connectivity index (χ4v) is 2.70. The zero-order chi connectivity index (χ0) is 10.2. The molecule has 1 saturated carbocycles. The Morgan fingerprint density at radius 2 is 2.50 bits per heavy atom. The molecule has 0 amide bonds. The average molecular weight is 213 g/mol. The van der Waals surface area contributed by atoms with Gasteiger partial charge >= 0.3 is 5.97 Å². The number of ether oxygens (including phenoxy) is 1. The highest BCUT2D eigenvalue weighted by Crippen LogP contribution is 2.53. The van der Waals surface area contributed by atoms with Crippen molar-refractivity contribution in [2.45, 2.75) is 24.4 Å². The van der Waals surface area contributed by atoms with E-state index in [4.69, 9.17) is 9.84 Å². The van der Waals surface area contributed by atoms with E-state index in [1.807, 2.05) is 0 Å². The van der Waals surface area contributed by atoms with Gasteiger partial charge < -0.3 is 9.84 Å². The molecule has 1 heterocycles. The van der Waals surface area contributed by atoms with Crippen LogP contribution in [0.3, 0.4) is 0 Å². The van der Waals surface area contributed by atoms with Crippen molar-refractivity contribution in [1.82, 2.24) is 4.98 Å². The lowest BCUT2D eigenvalue weighted by Gasteiger charge is -2.20. The number of nitrogens with zero attached hydrogens (tertiary/aromatic N) is 1. The van der Waals surface area contributed by atoms with Gasteiger partial charge in [-0.25, -0.2) is 4.79 Å². The highest BCUT2D eigenvalue weighted by Gasteiger charge is 2.55. The van der Waals surface area contributed by atoms with Gasteiger partial charge in [0.1, 0.15) is 0 Å². The minimum Gasteiger partial charge on any atom is -0.479 e. The lowest BCUT2D eigenvalue weighted by Crippen LogP contribution is -2.35. The van der Waals surface area contributed by atoms with E-state index in [-0.39, 0.29) is 5.41 Å². The second kappa shape index (κ2) is 3.33. The maximum absolute atomic E-state index is 11.0. The van der Waals surface area contributed by atoms with Crippen molar-refractivity contribution >= 4 is 17.3 Å². The first-order valence-electron chi connectivity index (χ1n) is 4.35. The highest BCUT2D eigenvalue weighted by molar-refractivity contribution is 7.09. The standard InChI is InChI=1S/C9H11NO3S/c1-13-7(8(11)12)9(2-3-9)6-4-10-5-14-6/h4-5,7H,2-3H2,1H3,(H,11,12). The van der Waals surface area contributed by atoms with Crippen molar-refractivity contribution in [1.29, 1.82) is 0 Å². The molecule has 0 bridgehead atoms. The predicted octanol–water partition coefficient (Wildman–Crippen LogP) is 1.27. The van der Waals surface area contributed by atoms with Gasteiger partial charge in [0.2, 0.25) is 0 Å². The van der Waals surface area contributed by atoms with Crippen LogP contribution in [0.15, 0.2) is 11.7 Å². The molecule has 1 unspecified atom stereocenters. The minimum absolute atomic E-state index is 0.304. The molecule has 1 aromatic rings. The van der Waals surface area contributed by atoms with Crippen LogP contribution in [0.4, 0.5) is 0 Å². The molecule has 1 atom stereocenters. The van der Waals surface area contributed by atoms with Crippen molar-refractivity contribution in [2.24, 2.45) is 0 Å². The second-order valence-electron chi connectivity index (χ2n) is 3.48. The van der Waals surface area contributed by atoms with E-state index in [9.17, 15) is 4.79 Å². The quantitative estimate of drug-likeness (QED) is 0.818. The molecule has 0 aromatic carbocycles. The van der Waals surface area contributed by atoms with Crippen molar-refractivity contribution in [3.8, 4) is 0 Å². The summed E-state index contributed by atoms with van der Waals surface area (Å²) in [6, 6.07) is 0. The minimum atomic E-state index is -0.890. The smallest absolute Gasteiger partial charge is 0.333 e. The van der Waals surface area contributed by atoms with E-state index >= 15 is 0 Å². The van der Waals surface area contributed by atoms with Gasteiger partial charge in [0.25, 0.3) is 0 Å². The van der Waals surface area contributed by atoms with Gasteiger partial charge in [-0.05, 0) is 12.8 Å². The van der Waals surface area contributed by atoms with Crippen molar-refractivity contribution in [3.05, 3.63) is 16.6 Å². The fraction of sp³-hybridized carbons (Fsp3) is 0.556. The van der Waals surface area contributed by atoms with Crippen LogP contribution in [0, 0.1) is 0 Å². The lowest BCUT2D eigenvalue weighted by molar-refractivity contribution is -0.150. The third-order valence-corrected chi connectivity index (χ3v) is 3.67. The largest absolute Gasteiger partial charge is 0.479 e. The molecule has 1 fully saturated rings. The van der Waals surface area contributed by atoms with Crippen molar-refractivity contribution < 1.29 is 14.6 Å². The Bertz CT molecular complexity index is 332. The van der Waals surface area contributed by atoms with E-state index in [1.165, 1.54) is 18.4 Å². The van der Waals surface area contributed by atoms with E-state index in [0.717, 1.165) is 17.7 Å². The number of carbonyl (C=O) groups is 1. The first-order chi connectivity index (χ1) is 6.70. The molecule has 1 aliphatic carbocycles. The van der Waals surface area contributed by atoms with Gasteiger partial charge in [-0.1, -0.05) is 0 Å². The molecule has 5 heteroatoms. The average Bonchev–Trinajstić information content (AvgIpc) is 2.76. The molecule has 1 N–H and O–H groups in total.